The lowest BCUT2D eigenvalue weighted by Crippen LogP contribution is -2.13. The van der Waals surface area contributed by atoms with E-state index in [1.165, 1.54) is 10.6 Å². The second kappa shape index (κ2) is 5.75. The van der Waals surface area contributed by atoms with Gasteiger partial charge in [-0.1, -0.05) is 30.3 Å². The van der Waals surface area contributed by atoms with E-state index in [0.29, 0.717) is 15.9 Å². The Labute approximate surface area is 137 Å². The highest BCUT2D eigenvalue weighted by molar-refractivity contribution is 14.1. The van der Waals surface area contributed by atoms with Gasteiger partial charge in [-0.05, 0) is 28.2 Å². The first-order valence-electron chi connectivity index (χ1n) is 6.34. The monoisotopic (exact) mass is 418 g/mol. The van der Waals surface area contributed by atoms with Crippen LogP contribution in [-0.2, 0) is 12.7 Å². The molecule has 0 aliphatic heterocycles. The highest BCUT2D eigenvalue weighted by Gasteiger charge is 2.34. The van der Waals surface area contributed by atoms with Crippen molar-refractivity contribution in [3.05, 3.63) is 57.7 Å². The van der Waals surface area contributed by atoms with Crippen molar-refractivity contribution in [1.29, 1.82) is 0 Å². The number of anilines is 1. The van der Waals surface area contributed by atoms with Crippen molar-refractivity contribution in [2.24, 2.45) is 0 Å². The van der Waals surface area contributed by atoms with Gasteiger partial charge in [-0.3, -0.25) is 4.40 Å². The highest BCUT2D eigenvalue weighted by atomic mass is 127. The predicted molar refractivity (Wildman–Crippen MR) is 84.5 cm³/mol. The van der Waals surface area contributed by atoms with Crippen molar-refractivity contribution in [3.8, 4) is 0 Å². The Kier molecular flexibility index (Phi) is 3.94. The molecule has 0 unspecified atom stereocenters. The molecule has 0 aliphatic rings. The topological polar surface area (TPSA) is 42.2 Å². The van der Waals surface area contributed by atoms with Crippen molar-refractivity contribution >= 4 is 34.1 Å². The lowest BCUT2D eigenvalue weighted by atomic mass is 10.2. The summed E-state index contributed by atoms with van der Waals surface area (Å²) in [5.41, 5.74) is 0.362. The second-order valence-electron chi connectivity index (χ2n) is 4.59. The molecule has 2 heterocycles. The molecule has 0 saturated heterocycles. The summed E-state index contributed by atoms with van der Waals surface area (Å²) in [6.07, 6.45) is -2.05. The fraction of sp³-hybridized carbons (Fsp3) is 0.143. The van der Waals surface area contributed by atoms with Gasteiger partial charge in [0.1, 0.15) is 3.70 Å². The van der Waals surface area contributed by atoms with Gasteiger partial charge in [0.25, 0.3) is 0 Å². The number of aromatic nitrogens is 3. The van der Waals surface area contributed by atoms with Crippen molar-refractivity contribution in [3.63, 3.8) is 0 Å². The number of fused-ring (bicyclic) bond motifs is 1. The molecule has 1 N–H and O–H groups in total. The SMILES string of the molecule is FC(F)(F)c1cn2c(I)cnc2c(NCc2ccccc2)n1. The predicted octanol–water partition coefficient (Wildman–Crippen LogP) is 3.96. The van der Waals surface area contributed by atoms with Crippen molar-refractivity contribution in [1.82, 2.24) is 14.4 Å². The van der Waals surface area contributed by atoms with E-state index in [9.17, 15) is 13.2 Å². The van der Waals surface area contributed by atoms with E-state index in [1.54, 1.807) is 0 Å². The normalized spacial score (nSPS) is 11.8. The third-order valence-corrected chi connectivity index (χ3v) is 3.84. The Balaban J connectivity index is 2.00. The molecule has 22 heavy (non-hydrogen) atoms. The molecular weight excluding hydrogens is 408 g/mol. The van der Waals surface area contributed by atoms with Crippen LogP contribution in [0.25, 0.3) is 5.65 Å². The molecule has 0 atom stereocenters. The number of imidazole rings is 1. The number of nitrogens with one attached hydrogen (secondary N) is 1. The summed E-state index contributed by atoms with van der Waals surface area (Å²) in [5.74, 6) is 0.113. The maximum atomic E-state index is 13.0. The molecule has 2 aromatic heterocycles. The number of alkyl halides is 3. The molecule has 1 aromatic carbocycles. The van der Waals surface area contributed by atoms with Gasteiger partial charge in [0.15, 0.2) is 17.2 Å². The molecular formula is C14H10F3IN4. The van der Waals surface area contributed by atoms with Crippen LogP contribution in [0.15, 0.2) is 42.7 Å². The van der Waals surface area contributed by atoms with Gasteiger partial charge < -0.3 is 5.32 Å². The minimum Gasteiger partial charge on any atom is -0.363 e. The Morgan fingerprint density at radius 2 is 1.91 bits per heavy atom. The summed E-state index contributed by atoms with van der Waals surface area (Å²) in [6.45, 7) is 0.369. The number of nitrogens with zero attached hydrogens (tertiary/aromatic N) is 3. The third-order valence-electron chi connectivity index (χ3n) is 3.04. The lowest BCUT2D eigenvalue weighted by molar-refractivity contribution is -0.141. The Bertz CT molecular complexity index is 799. The molecule has 0 saturated carbocycles. The molecule has 0 aliphatic carbocycles. The molecule has 4 nitrogen and oxygen atoms in total. The summed E-state index contributed by atoms with van der Waals surface area (Å²) in [6, 6.07) is 9.37. The Morgan fingerprint density at radius 1 is 1.18 bits per heavy atom. The standard InChI is InChI=1S/C14H10F3IN4/c15-14(16,17)10-8-22-11(18)7-20-13(22)12(21-10)19-6-9-4-2-1-3-5-9/h1-5,7-8H,6H2,(H,19,21). The second-order valence-corrected chi connectivity index (χ2v) is 5.69. The van der Waals surface area contributed by atoms with Crippen molar-refractivity contribution in [2.75, 3.05) is 5.32 Å². The lowest BCUT2D eigenvalue weighted by Gasteiger charge is -2.12. The molecule has 114 valence electrons. The third kappa shape index (κ3) is 3.01. The maximum absolute atomic E-state index is 13.0. The van der Waals surface area contributed by atoms with Crippen LogP contribution in [0, 0.1) is 3.70 Å². The summed E-state index contributed by atoms with van der Waals surface area (Å²) < 4.78 is 40.9. The van der Waals surface area contributed by atoms with Gasteiger partial charge in [-0.25, -0.2) is 9.97 Å². The largest absolute Gasteiger partial charge is 0.434 e. The molecule has 3 rings (SSSR count). The molecule has 0 spiro atoms. The minimum absolute atomic E-state index is 0.113. The Hall–Kier alpha value is -1.84. The van der Waals surface area contributed by atoms with Crippen LogP contribution in [0.3, 0.4) is 0 Å². The first-order valence-corrected chi connectivity index (χ1v) is 7.41. The molecule has 0 fully saturated rings. The average Bonchev–Trinajstić information content (AvgIpc) is 2.87. The van der Waals surface area contributed by atoms with E-state index in [-0.39, 0.29) is 5.82 Å². The fourth-order valence-corrected chi connectivity index (χ4v) is 2.50. The molecule has 0 amide bonds. The molecule has 3 aromatic rings. The first-order chi connectivity index (χ1) is 10.4. The van der Waals surface area contributed by atoms with Crippen molar-refractivity contribution < 1.29 is 13.2 Å². The van der Waals surface area contributed by atoms with Gasteiger partial charge in [-0.15, -0.1) is 0 Å². The minimum atomic E-state index is -4.51. The quantitative estimate of drug-likeness (QED) is 0.655. The molecule has 0 radical (unpaired) electrons. The van der Waals surface area contributed by atoms with E-state index in [1.807, 2.05) is 52.9 Å². The zero-order valence-electron chi connectivity index (χ0n) is 11.1. The van der Waals surface area contributed by atoms with Gasteiger partial charge in [0.2, 0.25) is 0 Å². The van der Waals surface area contributed by atoms with Crippen LogP contribution < -0.4 is 5.32 Å². The van der Waals surface area contributed by atoms with Gasteiger partial charge in [0.05, 0.1) is 6.20 Å². The number of rotatable bonds is 3. The molecule has 8 heteroatoms. The molecule has 0 bridgehead atoms. The van der Waals surface area contributed by atoms with Crippen molar-refractivity contribution in [2.45, 2.75) is 12.7 Å². The van der Waals surface area contributed by atoms with Crippen LogP contribution in [0.2, 0.25) is 0 Å². The Morgan fingerprint density at radius 3 is 2.59 bits per heavy atom. The average molecular weight is 418 g/mol. The zero-order chi connectivity index (χ0) is 15.7. The summed E-state index contributed by atoms with van der Waals surface area (Å²) in [7, 11) is 0. The van der Waals surface area contributed by atoms with Gasteiger partial charge >= 0.3 is 6.18 Å². The summed E-state index contributed by atoms with van der Waals surface area (Å²) >= 11 is 1.93. The van der Waals surface area contributed by atoms with Crippen LogP contribution in [0.1, 0.15) is 11.3 Å². The number of halogens is 4. The van der Waals surface area contributed by atoms with E-state index in [0.717, 1.165) is 11.8 Å². The van der Waals surface area contributed by atoms with E-state index < -0.39 is 11.9 Å². The number of benzene rings is 1. The van der Waals surface area contributed by atoms with Crippen LogP contribution >= 0.6 is 22.6 Å². The van der Waals surface area contributed by atoms with E-state index >= 15 is 0 Å². The smallest absolute Gasteiger partial charge is 0.363 e. The highest BCUT2D eigenvalue weighted by Crippen LogP contribution is 2.30. The van der Waals surface area contributed by atoms with Crippen LogP contribution in [-0.4, -0.2) is 14.4 Å². The van der Waals surface area contributed by atoms with Gasteiger partial charge in [0, 0.05) is 12.7 Å². The zero-order valence-corrected chi connectivity index (χ0v) is 13.3. The van der Waals surface area contributed by atoms with Crippen LogP contribution in [0.4, 0.5) is 19.0 Å². The summed E-state index contributed by atoms with van der Waals surface area (Å²) in [5, 5.41) is 2.93. The van der Waals surface area contributed by atoms with Crippen LogP contribution in [0.5, 0.6) is 0 Å². The van der Waals surface area contributed by atoms with E-state index in [4.69, 9.17) is 0 Å². The first kappa shape index (κ1) is 15.1. The fourth-order valence-electron chi connectivity index (χ4n) is 2.00. The number of hydrogen-bond donors (Lipinski definition) is 1. The maximum Gasteiger partial charge on any atom is 0.434 e. The van der Waals surface area contributed by atoms with E-state index in [2.05, 4.69) is 15.3 Å². The van der Waals surface area contributed by atoms with Gasteiger partial charge in [-0.2, -0.15) is 13.2 Å². The number of hydrogen-bond acceptors (Lipinski definition) is 3. The summed E-state index contributed by atoms with van der Waals surface area (Å²) in [4.78, 5) is 7.79.